The van der Waals surface area contributed by atoms with Crippen LogP contribution in [0.1, 0.15) is 10.4 Å². The van der Waals surface area contributed by atoms with Gasteiger partial charge in [0.25, 0.3) is 5.91 Å². The van der Waals surface area contributed by atoms with Gasteiger partial charge in [-0.2, -0.15) is 0 Å². The molecule has 0 bridgehead atoms. The van der Waals surface area contributed by atoms with E-state index in [1.54, 1.807) is 11.7 Å². The van der Waals surface area contributed by atoms with Crippen molar-refractivity contribution >= 4 is 28.3 Å². The number of nitrogens with zero attached hydrogens (tertiary/aromatic N) is 2. The van der Waals surface area contributed by atoms with E-state index < -0.39 is 5.91 Å². The van der Waals surface area contributed by atoms with Gasteiger partial charge in [0.05, 0.1) is 22.3 Å². The molecule has 17 heavy (non-hydrogen) atoms. The minimum absolute atomic E-state index is 0.418. The number of para-hydroxylation sites is 2. The highest BCUT2D eigenvalue weighted by molar-refractivity contribution is 7.08. The first kappa shape index (κ1) is 10.0. The number of thiophene rings is 1. The average Bonchev–Trinajstić information content (AvgIpc) is 2.94. The maximum atomic E-state index is 11.3. The molecule has 0 saturated carbocycles. The van der Waals surface area contributed by atoms with Gasteiger partial charge in [0.1, 0.15) is 6.33 Å². The van der Waals surface area contributed by atoms with E-state index in [1.165, 1.54) is 11.3 Å². The molecule has 0 unspecified atom stereocenters. The molecule has 2 aromatic heterocycles. The number of rotatable bonds is 2. The van der Waals surface area contributed by atoms with Crippen LogP contribution in [0.25, 0.3) is 16.7 Å². The molecule has 84 valence electrons. The smallest absolute Gasteiger partial charge is 0.251 e. The third-order valence-corrected chi connectivity index (χ3v) is 3.35. The highest BCUT2D eigenvalue weighted by Gasteiger charge is 2.12. The SMILES string of the molecule is NC(=O)c1cscc1-n1cnc2ccccc21. The number of nitrogens with two attached hydrogens (primary N) is 1. The summed E-state index contributed by atoms with van der Waals surface area (Å²) in [5, 5.41) is 3.65. The van der Waals surface area contributed by atoms with Crippen LogP contribution in [-0.2, 0) is 0 Å². The van der Waals surface area contributed by atoms with Crippen LogP contribution in [0, 0.1) is 0 Å². The lowest BCUT2D eigenvalue weighted by Gasteiger charge is -2.03. The summed E-state index contributed by atoms with van der Waals surface area (Å²) in [6, 6.07) is 7.77. The fourth-order valence-electron chi connectivity index (χ4n) is 1.81. The summed E-state index contributed by atoms with van der Waals surface area (Å²) >= 11 is 1.45. The molecule has 0 atom stereocenters. The van der Waals surface area contributed by atoms with Gasteiger partial charge in [-0.05, 0) is 12.1 Å². The van der Waals surface area contributed by atoms with Crippen molar-refractivity contribution < 1.29 is 4.79 Å². The molecule has 0 aliphatic carbocycles. The van der Waals surface area contributed by atoms with E-state index in [4.69, 9.17) is 5.73 Å². The molecular formula is C12H9N3OS. The monoisotopic (exact) mass is 243 g/mol. The van der Waals surface area contributed by atoms with Crippen molar-refractivity contribution in [2.24, 2.45) is 5.73 Å². The lowest BCUT2D eigenvalue weighted by molar-refractivity contribution is 0.100. The van der Waals surface area contributed by atoms with Gasteiger partial charge in [-0.3, -0.25) is 9.36 Å². The van der Waals surface area contributed by atoms with Gasteiger partial charge in [0, 0.05) is 10.8 Å². The molecule has 2 N–H and O–H groups in total. The molecule has 1 aromatic carbocycles. The second-order valence-electron chi connectivity index (χ2n) is 3.64. The predicted octanol–water partition coefficient (Wildman–Crippen LogP) is 2.19. The first-order chi connectivity index (χ1) is 8.27. The highest BCUT2D eigenvalue weighted by atomic mass is 32.1. The van der Waals surface area contributed by atoms with Crippen LogP contribution in [0.5, 0.6) is 0 Å². The third kappa shape index (κ3) is 1.52. The molecule has 0 aliphatic heterocycles. The number of hydrogen-bond acceptors (Lipinski definition) is 3. The topological polar surface area (TPSA) is 60.9 Å². The molecule has 0 saturated heterocycles. The predicted molar refractivity (Wildman–Crippen MR) is 67.5 cm³/mol. The number of primary amides is 1. The Kier molecular flexibility index (Phi) is 2.19. The van der Waals surface area contributed by atoms with E-state index in [0.717, 1.165) is 16.7 Å². The number of amides is 1. The first-order valence-corrected chi connectivity index (χ1v) is 6.00. The van der Waals surface area contributed by atoms with Crippen LogP contribution in [0.4, 0.5) is 0 Å². The summed E-state index contributed by atoms with van der Waals surface area (Å²) in [4.78, 5) is 15.6. The van der Waals surface area contributed by atoms with Gasteiger partial charge in [0.2, 0.25) is 0 Å². The lowest BCUT2D eigenvalue weighted by Crippen LogP contribution is -2.12. The second-order valence-corrected chi connectivity index (χ2v) is 4.38. The van der Waals surface area contributed by atoms with Crippen LogP contribution in [0.3, 0.4) is 0 Å². The van der Waals surface area contributed by atoms with Crippen molar-refractivity contribution in [3.63, 3.8) is 0 Å². The summed E-state index contributed by atoms with van der Waals surface area (Å²) in [7, 11) is 0. The van der Waals surface area contributed by atoms with Gasteiger partial charge in [-0.1, -0.05) is 12.1 Å². The van der Waals surface area contributed by atoms with Crippen molar-refractivity contribution in [3.8, 4) is 5.69 Å². The minimum Gasteiger partial charge on any atom is -0.366 e. The zero-order valence-electron chi connectivity index (χ0n) is 8.83. The summed E-state index contributed by atoms with van der Waals surface area (Å²) in [5.41, 5.74) is 8.52. The molecule has 2 heterocycles. The Morgan fingerprint density at radius 1 is 1.29 bits per heavy atom. The van der Waals surface area contributed by atoms with E-state index in [0.29, 0.717) is 5.56 Å². The Morgan fingerprint density at radius 2 is 2.12 bits per heavy atom. The van der Waals surface area contributed by atoms with E-state index in [1.807, 2.05) is 34.2 Å². The zero-order valence-corrected chi connectivity index (χ0v) is 9.65. The molecule has 4 nitrogen and oxygen atoms in total. The first-order valence-electron chi connectivity index (χ1n) is 5.06. The molecule has 1 amide bonds. The minimum atomic E-state index is -0.418. The van der Waals surface area contributed by atoms with Gasteiger partial charge in [-0.15, -0.1) is 11.3 Å². The van der Waals surface area contributed by atoms with E-state index in [9.17, 15) is 4.79 Å². The van der Waals surface area contributed by atoms with Gasteiger partial charge in [0.15, 0.2) is 0 Å². The maximum absolute atomic E-state index is 11.3. The van der Waals surface area contributed by atoms with Crippen molar-refractivity contribution in [3.05, 3.63) is 46.9 Å². The normalized spacial score (nSPS) is 10.8. The number of aromatic nitrogens is 2. The second kappa shape index (κ2) is 3.71. The third-order valence-electron chi connectivity index (χ3n) is 2.62. The number of benzene rings is 1. The summed E-state index contributed by atoms with van der Waals surface area (Å²) < 4.78 is 1.88. The quantitative estimate of drug-likeness (QED) is 0.750. The Labute approximate surface area is 101 Å². The van der Waals surface area contributed by atoms with Crippen molar-refractivity contribution in [2.75, 3.05) is 0 Å². The zero-order chi connectivity index (χ0) is 11.8. The van der Waals surface area contributed by atoms with E-state index >= 15 is 0 Å². The lowest BCUT2D eigenvalue weighted by atomic mass is 10.2. The molecule has 0 spiro atoms. The number of carbonyl (C=O) groups is 1. The number of hydrogen-bond donors (Lipinski definition) is 1. The molecule has 0 radical (unpaired) electrons. The molecule has 0 fully saturated rings. The van der Waals surface area contributed by atoms with Crippen molar-refractivity contribution in [1.82, 2.24) is 9.55 Å². The van der Waals surface area contributed by atoms with E-state index in [2.05, 4.69) is 4.98 Å². The molecule has 5 heteroatoms. The fourth-order valence-corrected chi connectivity index (χ4v) is 2.62. The summed E-state index contributed by atoms with van der Waals surface area (Å²) in [6.07, 6.45) is 1.71. The Balaban J connectivity index is 2.28. The van der Waals surface area contributed by atoms with Gasteiger partial charge in [-0.25, -0.2) is 4.98 Å². The fraction of sp³-hybridized carbons (Fsp3) is 0. The highest BCUT2D eigenvalue weighted by Crippen LogP contribution is 2.23. The standard InChI is InChI=1S/C12H9N3OS/c13-12(16)8-5-17-6-11(8)15-7-14-9-3-1-2-4-10(9)15/h1-7H,(H2,13,16). The molecule has 3 rings (SSSR count). The summed E-state index contributed by atoms with van der Waals surface area (Å²) in [6.45, 7) is 0. The Bertz CT molecular complexity index is 698. The van der Waals surface area contributed by atoms with E-state index in [-0.39, 0.29) is 0 Å². The van der Waals surface area contributed by atoms with Gasteiger partial charge < -0.3 is 5.73 Å². The van der Waals surface area contributed by atoms with Crippen LogP contribution in [0.15, 0.2) is 41.4 Å². The van der Waals surface area contributed by atoms with Crippen LogP contribution in [-0.4, -0.2) is 15.5 Å². The number of imidazole rings is 1. The van der Waals surface area contributed by atoms with Gasteiger partial charge >= 0.3 is 0 Å². The maximum Gasteiger partial charge on any atom is 0.251 e. The van der Waals surface area contributed by atoms with Crippen LogP contribution in [0.2, 0.25) is 0 Å². The summed E-state index contributed by atoms with van der Waals surface area (Å²) in [5.74, 6) is -0.418. The van der Waals surface area contributed by atoms with Crippen molar-refractivity contribution in [1.29, 1.82) is 0 Å². The molecule has 3 aromatic rings. The average molecular weight is 243 g/mol. The van der Waals surface area contributed by atoms with Crippen LogP contribution >= 0.6 is 11.3 Å². The molecular weight excluding hydrogens is 234 g/mol. The number of fused-ring (bicyclic) bond motifs is 1. The molecule has 0 aliphatic rings. The van der Waals surface area contributed by atoms with Crippen LogP contribution < -0.4 is 5.73 Å². The van der Waals surface area contributed by atoms with Crippen molar-refractivity contribution in [2.45, 2.75) is 0 Å². The number of carbonyl (C=O) groups excluding carboxylic acids is 1. The Hall–Kier alpha value is -2.14. The largest absolute Gasteiger partial charge is 0.366 e. The Morgan fingerprint density at radius 3 is 2.94 bits per heavy atom.